The number of ether oxygens (including phenoxy) is 1. The monoisotopic (exact) mass is 438 g/mol. The first-order chi connectivity index (χ1) is 14.4. The first kappa shape index (κ1) is 23.4. The van der Waals surface area contributed by atoms with Gasteiger partial charge in [0.25, 0.3) is 5.91 Å². The number of aliphatic imine (C=N–C) groups is 1. The van der Waals surface area contributed by atoms with Crippen molar-refractivity contribution in [1.29, 1.82) is 0 Å². The first-order valence-electron chi connectivity index (χ1n) is 9.50. The molecule has 0 saturated carbocycles. The normalized spacial score (nSPS) is 11.3. The summed E-state index contributed by atoms with van der Waals surface area (Å²) < 4.78 is 29.8. The molecule has 2 rings (SSSR count). The van der Waals surface area contributed by atoms with Crippen molar-refractivity contribution in [2.24, 2.45) is 4.99 Å². The summed E-state index contributed by atoms with van der Waals surface area (Å²) in [7, 11) is 0. The number of halogens is 3. The van der Waals surface area contributed by atoms with Crippen LogP contribution in [0.2, 0.25) is 5.02 Å². The smallest absolute Gasteiger partial charge is 0.387 e. The van der Waals surface area contributed by atoms with E-state index in [-0.39, 0.29) is 18.2 Å². The quantitative estimate of drug-likeness (QED) is 0.317. The molecule has 1 amide bonds. The van der Waals surface area contributed by atoms with Gasteiger partial charge in [-0.3, -0.25) is 4.79 Å². The van der Waals surface area contributed by atoms with Crippen molar-refractivity contribution in [2.45, 2.75) is 27.0 Å². The van der Waals surface area contributed by atoms with Gasteiger partial charge in [0.1, 0.15) is 5.75 Å². The Hall–Kier alpha value is -2.87. The lowest BCUT2D eigenvalue weighted by molar-refractivity contribution is -0.0504. The number of amides is 1. The fourth-order valence-electron chi connectivity index (χ4n) is 2.65. The minimum atomic E-state index is -2.90. The Morgan fingerprint density at radius 3 is 2.57 bits per heavy atom. The fraction of sp³-hybridized carbons (Fsp3) is 0.333. The van der Waals surface area contributed by atoms with Crippen LogP contribution in [0, 0.1) is 6.92 Å². The van der Waals surface area contributed by atoms with Gasteiger partial charge in [-0.25, -0.2) is 4.99 Å². The van der Waals surface area contributed by atoms with E-state index in [1.807, 2.05) is 13.8 Å². The van der Waals surface area contributed by atoms with Crippen molar-refractivity contribution >= 4 is 23.5 Å². The summed E-state index contributed by atoms with van der Waals surface area (Å²) in [6.45, 7) is 2.41. The lowest BCUT2D eigenvalue weighted by Crippen LogP contribution is -2.41. The molecule has 30 heavy (non-hydrogen) atoms. The Bertz CT molecular complexity index is 878. The molecule has 0 heterocycles. The molecule has 162 valence electrons. The van der Waals surface area contributed by atoms with E-state index >= 15 is 0 Å². The summed E-state index contributed by atoms with van der Waals surface area (Å²) in [5.41, 5.74) is 1.88. The molecule has 0 aliphatic rings. The van der Waals surface area contributed by atoms with Crippen LogP contribution in [-0.2, 0) is 6.54 Å². The zero-order valence-electron chi connectivity index (χ0n) is 16.8. The molecule has 9 heteroatoms. The molecule has 6 nitrogen and oxygen atoms in total. The molecule has 0 saturated heterocycles. The number of nitrogens with zero attached hydrogens (tertiary/aromatic N) is 1. The summed E-state index contributed by atoms with van der Waals surface area (Å²) in [5.74, 6) is 0.328. The Morgan fingerprint density at radius 2 is 1.87 bits per heavy atom. The number of alkyl halides is 2. The van der Waals surface area contributed by atoms with Gasteiger partial charge in [-0.15, -0.1) is 0 Å². The second-order valence-corrected chi connectivity index (χ2v) is 6.75. The van der Waals surface area contributed by atoms with Crippen molar-refractivity contribution < 1.29 is 18.3 Å². The Morgan fingerprint density at radius 1 is 1.13 bits per heavy atom. The highest BCUT2D eigenvalue weighted by Gasteiger charge is 2.11. The third kappa shape index (κ3) is 7.51. The van der Waals surface area contributed by atoms with E-state index < -0.39 is 6.61 Å². The van der Waals surface area contributed by atoms with Crippen molar-refractivity contribution in [1.82, 2.24) is 16.0 Å². The molecule has 2 aromatic carbocycles. The predicted molar refractivity (Wildman–Crippen MR) is 114 cm³/mol. The summed E-state index contributed by atoms with van der Waals surface area (Å²) in [5, 5.41) is 9.33. The molecular formula is C21H25ClF2N4O2. The number of nitrogens with one attached hydrogen (secondary N) is 3. The van der Waals surface area contributed by atoms with E-state index in [4.69, 9.17) is 11.6 Å². The molecule has 0 bridgehead atoms. The SMILES string of the molecule is CCNC(=NCc1cc(C)ccc1OC(F)F)NCCNC(=O)c1ccccc1Cl. The summed E-state index contributed by atoms with van der Waals surface area (Å²) in [6.07, 6.45) is 0. The number of hydrogen-bond acceptors (Lipinski definition) is 3. The predicted octanol–water partition coefficient (Wildman–Crippen LogP) is 3.73. The molecule has 0 spiro atoms. The van der Waals surface area contributed by atoms with Crippen LogP contribution in [-0.4, -0.2) is 38.1 Å². The van der Waals surface area contributed by atoms with Crippen molar-refractivity contribution in [2.75, 3.05) is 19.6 Å². The van der Waals surface area contributed by atoms with Crippen molar-refractivity contribution in [3.8, 4) is 5.75 Å². The maximum atomic E-state index is 12.6. The highest BCUT2D eigenvalue weighted by atomic mass is 35.5. The minimum Gasteiger partial charge on any atom is -0.434 e. The zero-order valence-corrected chi connectivity index (χ0v) is 17.6. The fourth-order valence-corrected chi connectivity index (χ4v) is 2.87. The lowest BCUT2D eigenvalue weighted by atomic mass is 10.1. The van der Waals surface area contributed by atoms with Crippen molar-refractivity contribution in [3.05, 3.63) is 64.2 Å². The Balaban J connectivity index is 1.93. The van der Waals surface area contributed by atoms with Gasteiger partial charge in [-0.05, 0) is 32.0 Å². The summed E-state index contributed by atoms with van der Waals surface area (Å²) in [4.78, 5) is 16.6. The molecule has 0 unspecified atom stereocenters. The van der Waals surface area contributed by atoms with E-state index in [0.29, 0.717) is 41.7 Å². The Kier molecular flexibility index (Phi) is 9.34. The summed E-state index contributed by atoms with van der Waals surface area (Å²) in [6, 6.07) is 11.8. The van der Waals surface area contributed by atoms with Crippen LogP contribution >= 0.6 is 11.6 Å². The van der Waals surface area contributed by atoms with Gasteiger partial charge in [0, 0.05) is 25.2 Å². The molecule has 0 atom stereocenters. The molecule has 0 aliphatic carbocycles. The van der Waals surface area contributed by atoms with Crippen LogP contribution in [0.5, 0.6) is 5.75 Å². The number of aryl methyl sites for hydroxylation is 1. The second-order valence-electron chi connectivity index (χ2n) is 6.35. The third-order valence-electron chi connectivity index (χ3n) is 4.01. The third-order valence-corrected chi connectivity index (χ3v) is 4.33. The van der Waals surface area contributed by atoms with Gasteiger partial charge in [0.15, 0.2) is 5.96 Å². The number of benzene rings is 2. The standard InChI is InChI=1S/C21H25ClF2N4O2/c1-3-25-21(27-11-10-26-19(29)16-6-4-5-7-17(16)22)28-13-15-12-14(2)8-9-18(15)30-20(23)24/h4-9,12,20H,3,10-11,13H2,1-2H3,(H,26,29)(H2,25,27,28). The van der Waals surface area contributed by atoms with Crippen LogP contribution in [0.3, 0.4) is 0 Å². The number of guanidine groups is 1. The molecule has 0 aliphatic heterocycles. The first-order valence-corrected chi connectivity index (χ1v) is 9.87. The molecule has 3 N–H and O–H groups in total. The van der Waals surface area contributed by atoms with Gasteiger partial charge >= 0.3 is 6.61 Å². The van der Waals surface area contributed by atoms with Crippen LogP contribution in [0.15, 0.2) is 47.5 Å². The van der Waals surface area contributed by atoms with E-state index in [1.54, 1.807) is 36.4 Å². The van der Waals surface area contributed by atoms with Crippen LogP contribution in [0.25, 0.3) is 0 Å². The molecule has 0 aromatic heterocycles. The highest BCUT2D eigenvalue weighted by Crippen LogP contribution is 2.22. The maximum absolute atomic E-state index is 12.6. The van der Waals surface area contributed by atoms with Gasteiger partial charge in [0.2, 0.25) is 0 Å². The van der Waals surface area contributed by atoms with Crippen LogP contribution in [0.4, 0.5) is 8.78 Å². The maximum Gasteiger partial charge on any atom is 0.387 e. The van der Waals surface area contributed by atoms with E-state index in [1.165, 1.54) is 6.07 Å². The minimum absolute atomic E-state index is 0.0993. The van der Waals surface area contributed by atoms with Crippen molar-refractivity contribution in [3.63, 3.8) is 0 Å². The van der Waals surface area contributed by atoms with E-state index in [2.05, 4.69) is 25.7 Å². The average Bonchev–Trinajstić information content (AvgIpc) is 2.70. The van der Waals surface area contributed by atoms with Crippen LogP contribution < -0.4 is 20.7 Å². The second kappa shape index (κ2) is 12.0. The number of rotatable bonds is 9. The molecule has 0 fully saturated rings. The topological polar surface area (TPSA) is 74.8 Å². The van der Waals surface area contributed by atoms with Gasteiger partial charge in [0.05, 0.1) is 17.1 Å². The van der Waals surface area contributed by atoms with E-state index in [0.717, 1.165) is 5.56 Å². The lowest BCUT2D eigenvalue weighted by Gasteiger charge is -2.14. The van der Waals surface area contributed by atoms with E-state index in [9.17, 15) is 13.6 Å². The van der Waals surface area contributed by atoms with Crippen LogP contribution in [0.1, 0.15) is 28.4 Å². The number of carbonyl (C=O) groups excluding carboxylic acids is 1. The van der Waals surface area contributed by atoms with Gasteiger partial charge < -0.3 is 20.7 Å². The number of hydrogen-bond donors (Lipinski definition) is 3. The number of carbonyl (C=O) groups is 1. The largest absolute Gasteiger partial charge is 0.434 e. The molecule has 0 radical (unpaired) electrons. The zero-order chi connectivity index (χ0) is 21.9. The highest BCUT2D eigenvalue weighted by molar-refractivity contribution is 6.33. The molecular weight excluding hydrogens is 414 g/mol. The van der Waals surface area contributed by atoms with Gasteiger partial charge in [-0.2, -0.15) is 8.78 Å². The summed E-state index contributed by atoms with van der Waals surface area (Å²) >= 11 is 6.02. The average molecular weight is 439 g/mol. The van der Waals surface area contributed by atoms with Gasteiger partial charge in [-0.1, -0.05) is 41.4 Å². The molecule has 2 aromatic rings. The Labute approximate surface area is 179 Å².